The summed E-state index contributed by atoms with van der Waals surface area (Å²) in [6, 6.07) is 8.39. The zero-order valence-electron chi connectivity index (χ0n) is 9.16. The molecular formula is C13H15NO. The second-order valence-electron chi connectivity index (χ2n) is 3.66. The van der Waals surface area contributed by atoms with E-state index in [1.54, 1.807) is 7.11 Å². The summed E-state index contributed by atoms with van der Waals surface area (Å²) in [4.78, 5) is 4.40. The number of aromatic nitrogens is 1. The average Bonchev–Trinajstić information content (AvgIpc) is 2.29. The lowest BCUT2D eigenvalue weighted by Gasteiger charge is -2.07. The monoisotopic (exact) mass is 201 g/mol. The summed E-state index contributed by atoms with van der Waals surface area (Å²) < 4.78 is 5.10. The molecule has 0 bridgehead atoms. The number of aryl methyl sites for hydroxylation is 1. The number of rotatable bonds is 3. The summed E-state index contributed by atoms with van der Waals surface area (Å²) in [5.41, 5.74) is 2.35. The van der Waals surface area contributed by atoms with Crippen LogP contribution in [0.2, 0.25) is 0 Å². The first-order valence-corrected chi connectivity index (χ1v) is 5.15. The lowest BCUT2D eigenvalue weighted by Crippen LogP contribution is -1.97. The molecule has 0 aliphatic rings. The molecule has 0 saturated carbocycles. The number of nitrogens with zero attached hydrogens (tertiary/aromatic N) is 1. The normalized spacial score (nSPS) is 10.8. The molecule has 0 spiro atoms. The van der Waals surface area contributed by atoms with Crippen molar-refractivity contribution in [1.29, 1.82) is 0 Å². The molecule has 0 unspecified atom stereocenters. The molecule has 2 nitrogen and oxygen atoms in total. The molecule has 1 aromatic heterocycles. The van der Waals surface area contributed by atoms with E-state index in [4.69, 9.17) is 4.74 Å². The van der Waals surface area contributed by atoms with Crippen LogP contribution in [0, 0.1) is 6.92 Å². The predicted molar refractivity (Wildman–Crippen MR) is 62.1 cm³/mol. The molecule has 0 amide bonds. The van der Waals surface area contributed by atoms with Gasteiger partial charge >= 0.3 is 0 Å². The molecule has 0 fully saturated rings. The third-order valence-electron chi connectivity index (χ3n) is 2.65. The Balaban J connectivity index is 2.51. The van der Waals surface area contributed by atoms with E-state index in [0.717, 1.165) is 18.7 Å². The summed E-state index contributed by atoms with van der Waals surface area (Å²) in [6.45, 7) is 2.79. The van der Waals surface area contributed by atoms with Crippen LogP contribution in [0.3, 0.4) is 0 Å². The fraction of sp³-hybridized carbons (Fsp3) is 0.308. The maximum Gasteiger partial charge on any atom is 0.0503 e. The van der Waals surface area contributed by atoms with Crippen molar-refractivity contribution in [3.05, 3.63) is 41.7 Å². The van der Waals surface area contributed by atoms with Gasteiger partial charge in [0.15, 0.2) is 0 Å². The van der Waals surface area contributed by atoms with E-state index in [-0.39, 0.29) is 0 Å². The van der Waals surface area contributed by atoms with Gasteiger partial charge in [-0.05, 0) is 24.3 Å². The molecule has 15 heavy (non-hydrogen) atoms. The Kier molecular flexibility index (Phi) is 2.97. The van der Waals surface area contributed by atoms with E-state index in [1.807, 2.05) is 13.1 Å². The van der Waals surface area contributed by atoms with Crippen molar-refractivity contribution in [2.24, 2.45) is 0 Å². The van der Waals surface area contributed by atoms with E-state index >= 15 is 0 Å². The smallest absolute Gasteiger partial charge is 0.0503 e. The summed E-state index contributed by atoms with van der Waals surface area (Å²) >= 11 is 0. The quantitative estimate of drug-likeness (QED) is 0.761. The fourth-order valence-corrected chi connectivity index (χ4v) is 1.80. The van der Waals surface area contributed by atoms with Gasteiger partial charge in [-0.1, -0.05) is 24.3 Å². The van der Waals surface area contributed by atoms with E-state index in [0.29, 0.717) is 0 Å². The molecule has 0 atom stereocenters. The maximum absolute atomic E-state index is 5.10. The number of pyridine rings is 1. The van der Waals surface area contributed by atoms with E-state index in [2.05, 4.69) is 29.2 Å². The van der Waals surface area contributed by atoms with Crippen molar-refractivity contribution < 1.29 is 4.74 Å². The van der Waals surface area contributed by atoms with Crippen molar-refractivity contribution in [1.82, 2.24) is 4.98 Å². The van der Waals surface area contributed by atoms with Crippen molar-refractivity contribution in [2.75, 3.05) is 13.7 Å². The van der Waals surface area contributed by atoms with Gasteiger partial charge in [-0.15, -0.1) is 0 Å². The Morgan fingerprint density at radius 2 is 1.93 bits per heavy atom. The highest BCUT2D eigenvalue weighted by Gasteiger charge is 2.03. The Labute approximate surface area is 89.9 Å². The number of ether oxygens (including phenoxy) is 1. The molecule has 2 rings (SSSR count). The number of fused-ring (bicyclic) bond motifs is 1. The topological polar surface area (TPSA) is 22.1 Å². The Hall–Kier alpha value is -1.41. The molecule has 1 aromatic carbocycles. The molecule has 0 radical (unpaired) electrons. The lowest BCUT2D eigenvalue weighted by molar-refractivity contribution is 0.202. The molecule has 2 heteroatoms. The standard InChI is InChI=1S/C13H15NO/c1-10-12-5-3-4-6-13(12)11(9-14-10)7-8-15-2/h3-6,9H,7-8H2,1-2H3. The zero-order chi connectivity index (χ0) is 10.7. The van der Waals surface area contributed by atoms with Crippen LogP contribution < -0.4 is 0 Å². The molecule has 0 aliphatic carbocycles. The highest BCUT2D eigenvalue weighted by atomic mass is 16.5. The van der Waals surface area contributed by atoms with Gasteiger partial charge in [0.25, 0.3) is 0 Å². The van der Waals surface area contributed by atoms with Crippen molar-refractivity contribution >= 4 is 10.8 Å². The summed E-state index contributed by atoms with van der Waals surface area (Å²) in [6.07, 6.45) is 2.88. The zero-order valence-corrected chi connectivity index (χ0v) is 9.16. The van der Waals surface area contributed by atoms with Gasteiger partial charge in [0.1, 0.15) is 0 Å². The largest absolute Gasteiger partial charge is 0.384 e. The first-order valence-electron chi connectivity index (χ1n) is 5.15. The van der Waals surface area contributed by atoms with Gasteiger partial charge in [-0.25, -0.2) is 0 Å². The van der Waals surface area contributed by atoms with Gasteiger partial charge < -0.3 is 4.74 Å². The van der Waals surface area contributed by atoms with Gasteiger partial charge in [0.05, 0.1) is 6.61 Å². The van der Waals surface area contributed by atoms with Crippen LogP contribution in [-0.2, 0) is 11.2 Å². The maximum atomic E-state index is 5.10. The first-order chi connectivity index (χ1) is 7.33. The van der Waals surface area contributed by atoms with Crippen LogP contribution in [-0.4, -0.2) is 18.7 Å². The van der Waals surface area contributed by atoms with Crippen LogP contribution in [0.25, 0.3) is 10.8 Å². The third kappa shape index (κ3) is 2.00. The molecule has 0 aliphatic heterocycles. The molecule has 0 saturated heterocycles. The molecule has 0 N–H and O–H groups in total. The number of hydrogen-bond donors (Lipinski definition) is 0. The van der Waals surface area contributed by atoms with Crippen molar-refractivity contribution in [3.63, 3.8) is 0 Å². The average molecular weight is 201 g/mol. The van der Waals surface area contributed by atoms with Gasteiger partial charge in [0, 0.05) is 24.4 Å². The second-order valence-corrected chi connectivity index (χ2v) is 3.66. The highest BCUT2D eigenvalue weighted by Crippen LogP contribution is 2.20. The lowest BCUT2D eigenvalue weighted by atomic mass is 10.0. The van der Waals surface area contributed by atoms with E-state index in [9.17, 15) is 0 Å². The Bertz CT molecular complexity index is 465. The van der Waals surface area contributed by atoms with Crippen LogP contribution in [0.15, 0.2) is 30.5 Å². The summed E-state index contributed by atoms with van der Waals surface area (Å²) in [5, 5.41) is 2.54. The highest BCUT2D eigenvalue weighted by molar-refractivity contribution is 5.87. The van der Waals surface area contributed by atoms with Crippen LogP contribution in [0.5, 0.6) is 0 Å². The Morgan fingerprint density at radius 1 is 1.20 bits per heavy atom. The second kappa shape index (κ2) is 4.41. The minimum Gasteiger partial charge on any atom is -0.384 e. The van der Waals surface area contributed by atoms with Gasteiger partial charge in [0.2, 0.25) is 0 Å². The van der Waals surface area contributed by atoms with E-state index < -0.39 is 0 Å². The fourth-order valence-electron chi connectivity index (χ4n) is 1.80. The number of hydrogen-bond acceptors (Lipinski definition) is 2. The summed E-state index contributed by atoms with van der Waals surface area (Å²) in [5.74, 6) is 0. The first kappa shape index (κ1) is 10.1. The number of methoxy groups -OCH3 is 1. The van der Waals surface area contributed by atoms with Crippen LogP contribution >= 0.6 is 0 Å². The van der Waals surface area contributed by atoms with Crippen LogP contribution in [0.1, 0.15) is 11.3 Å². The molecule has 78 valence electrons. The molecular weight excluding hydrogens is 186 g/mol. The predicted octanol–water partition coefficient (Wildman–Crippen LogP) is 2.73. The van der Waals surface area contributed by atoms with E-state index in [1.165, 1.54) is 16.3 Å². The SMILES string of the molecule is COCCc1cnc(C)c2ccccc12. The van der Waals surface area contributed by atoms with Crippen molar-refractivity contribution in [3.8, 4) is 0 Å². The third-order valence-corrected chi connectivity index (χ3v) is 2.65. The van der Waals surface area contributed by atoms with Crippen molar-refractivity contribution in [2.45, 2.75) is 13.3 Å². The minimum atomic E-state index is 0.745. The minimum absolute atomic E-state index is 0.745. The Morgan fingerprint density at radius 3 is 2.67 bits per heavy atom. The molecule has 2 aromatic rings. The van der Waals surface area contributed by atoms with Gasteiger partial charge in [-0.2, -0.15) is 0 Å². The van der Waals surface area contributed by atoms with Gasteiger partial charge in [-0.3, -0.25) is 4.98 Å². The summed E-state index contributed by atoms with van der Waals surface area (Å²) in [7, 11) is 1.73. The number of benzene rings is 1. The van der Waals surface area contributed by atoms with Crippen LogP contribution in [0.4, 0.5) is 0 Å². The molecule has 1 heterocycles.